The third-order valence-corrected chi connectivity index (χ3v) is 4.27. The molecule has 1 atom stereocenters. The number of carboxylic acid groups (broad SMARTS) is 1. The van der Waals surface area contributed by atoms with Crippen molar-refractivity contribution >= 4 is 23.8 Å². The van der Waals surface area contributed by atoms with Gasteiger partial charge in [0.2, 0.25) is 11.8 Å². The minimum atomic E-state index is -1.24. The number of amides is 2. The molecule has 0 aliphatic carbocycles. The molecule has 0 aliphatic rings. The molecule has 3 N–H and O–H groups in total. The van der Waals surface area contributed by atoms with Crippen molar-refractivity contribution in [3.63, 3.8) is 0 Å². The Morgan fingerprint density at radius 3 is 2.53 bits per heavy atom. The number of benzene rings is 1. The van der Waals surface area contributed by atoms with Crippen LogP contribution in [-0.2, 0) is 36.8 Å². The number of carboxylic acids is 1. The monoisotopic (exact) mass is 416 g/mol. The second-order valence-electron chi connectivity index (χ2n) is 6.54. The molecule has 2 aromatic rings. The van der Waals surface area contributed by atoms with Gasteiger partial charge in [-0.05, 0) is 12.0 Å². The second-order valence-corrected chi connectivity index (χ2v) is 6.54. The van der Waals surface area contributed by atoms with Crippen molar-refractivity contribution in [3.05, 3.63) is 54.1 Å². The van der Waals surface area contributed by atoms with Crippen molar-refractivity contribution < 1.29 is 29.0 Å². The third kappa shape index (κ3) is 7.38. The van der Waals surface area contributed by atoms with Gasteiger partial charge < -0.3 is 25.0 Å². The summed E-state index contributed by atoms with van der Waals surface area (Å²) in [5.41, 5.74) is 1.46. The fourth-order valence-electron chi connectivity index (χ4n) is 2.81. The first-order valence-corrected chi connectivity index (χ1v) is 9.27. The van der Waals surface area contributed by atoms with E-state index in [2.05, 4.69) is 15.3 Å². The first kappa shape index (κ1) is 22.6. The van der Waals surface area contributed by atoms with E-state index in [9.17, 15) is 19.2 Å². The van der Waals surface area contributed by atoms with Crippen molar-refractivity contribution in [2.24, 2.45) is 0 Å². The van der Waals surface area contributed by atoms with Crippen molar-refractivity contribution in [2.75, 3.05) is 20.2 Å². The number of nitrogens with one attached hydrogen (secondary N) is 2. The van der Waals surface area contributed by atoms with Gasteiger partial charge in [0.25, 0.3) is 0 Å². The number of imidazole rings is 1. The predicted octanol–water partition coefficient (Wildman–Crippen LogP) is 0.156. The molecule has 2 amide bonds. The number of aromatic amines is 1. The summed E-state index contributed by atoms with van der Waals surface area (Å²) in [5.74, 6) is -3.06. The lowest BCUT2D eigenvalue weighted by atomic mass is 10.1. The normalized spacial score (nSPS) is 11.4. The summed E-state index contributed by atoms with van der Waals surface area (Å²) in [6.45, 7) is -1.11. The fourth-order valence-corrected chi connectivity index (χ4v) is 2.81. The summed E-state index contributed by atoms with van der Waals surface area (Å²) >= 11 is 0. The lowest BCUT2D eigenvalue weighted by molar-refractivity contribution is -0.148. The maximum atomic E-state index is 12.5. The highest BCUT2D eigenvalue weighted by molar-refractivity contribution is 5.90. The van der Waals surface area contributed by atoms with Crippen LogP contribution in [-0.4, -0.2) is 70.0 Å². The van der Waals surface area contributed by atoms with E-state index in [0.717, 1.165) is 10.5 Å². The van der Waals surface area contributed by atoms with E-state index in [1.54, 1.807) is 6.20 Å². The highest BCUT2D eigenvalue weighted by Gasteiger charge is 2.25. The molecule has 0 spiro atoms. The maximum absolute atomic E-state index is 12.5. The number of aryl methyl sites for hydroxylation is 1. The first-order valence-electron chi connectivity index (χ1n) is 9.27. The molecule has 160 valence electrons. The number of carbonyl (C=O) groups excluding carboxylic acids is 3. The van der Waals surface area contributed by atoms with Crippen LogP contribution >= 0.6 is 0 Å². The Morgan fingerprint density at radius 1 is 1.20 bits per heavy atom. The molecule has 0 unspecified atom stereocenters. The van der Waals surface area contributed by atoms with E-state index in [4.69, 9.17) is 9.84 Å². The van der Waals surface area contributed by atoms with Crippen LogP contribution in [0.2, 0.25) is 0 Å². The lowest BCUT2D eigenvalue weighted by Crippen LogP contribution is -2.49. The van der Waals surface area contributed by atoms with Gasteiger partial charge in [-0.1, -0.05) is 30.3 Å². The molecule has 1 aromatic carbocycles. The van der Waals surface area contributed by atoms with E-state index in [0.29, 0.717) is 12.1 Å². The van der Waals surface area contributed by atoms with E-state index < -0.39 is 42.9 Å². The van der Waals surface area contributed by atoms with Crippen LogP contribution in [0.15, 0.2) is 42.9 Å². The molecule has 0 saturated carbocycles. The Balaban J connectivity index is 1.98. The molecule has 0 radical (unpaired) electrons. The van der Waals surface area contributed by atoms with Crippen LogP contribution in [0.1, 0.15) is 17.7 Å². The number of H-pyrrole nitrogens is 1. The Labute approximate surface area is 173 Å². The highest BCUT2D eigenvalue weighted by Crippen LogP contribution is 2.06. The van der Waals surface area contributed by atoms with Crippen LogP contribution in [0, 0.1) is 0 Å². The van der Waals surface area contributed by atoms with Gasteiger partial charge in [-0.2, -0.15) is 0 Å². The predicted molar refractivity (Wildman–Crippen MR) is 105 cm³/mol. The number of nitrogens with zero attached hydrogens (tertiary/aromatic N) is 2. The topological polar surface area (TPSA) is 142 Å². The molecule has 30 heavy (non-hydrogen) atoms. The molecule has 10 nitrogen and oxygen atoms in total. The molecule has 2 rings (SSSR count). The molecule has 0 fully saturated rings. The number of aromatic nitrogens is 2. The molecule has 1 aromatic heterocycles. The maximum Gasteiger partial charge on any atom is 0.328 e. The average Bonchev–Trinajstić information content (AvgIpc) is 3.24. The minimum Gasteiger partial charge on any atom is -0.480 e. The zero-order chi connectivity index (χ0) is 21.9. The molecular formula is C20H24N4O6. The number of rotatable bonds is 11. The van der Waals surface area contributed by atoms with Gasteiger partial charge >= 0.3 is 11.9 Å². The highest BCUT2D eigenvalue weighted by atomic mass is 16.5. The molecular weight excluding hydrogens is 392 g/mol. The number of hydrogen-bond acceptors (Lipinski definition) is 6. The SMILES string of the molecule is COC(=O)[C@H](Cc1c[nH]cn1)NC(=O)CN(CC(=O)O)C(=O)CCc1ccccc1. The van der Waals surface area contributed by atoms with Crippen LogP contribution in [0.4, 0.5) is 0 Å². The van der Waals surface area contributed by atoms with Gasteiger partial charge in [-0.15, -0.1) is 0 Å². The van der Waals surface area contributed by atoms with Gasteiger partial charge in [0.15, 0.2) is 0 Å². The van der Waals surface area contributed by atoms with Gasteiger partial charge in [0.1, 0.15) is 19.1 Å². The third-order valence-electron chi connectivity index (χ3n) is 4.27. The molecule has 1 heterocycles. The standard InChI is InChI=1S/C20H24N4O6/c1-30-20(29)16(9-15-10-21-13-22-15)23-17(25)11-24(12-19(27)28)18(26)8-7-14-5-3-2-4-6-14/h2-6,10,13,16H,7-9,11-12H2,1H3,(H,21,22)(H,23,25)(H,27,28)/t16-/m0/s1. The van der Waals surface area contributed by atoms with Gasteiger partial charge in [-0.25, -0.2) is 9.78 Å². The van der Waals surface area contributed by atoms with Gasteiger partial charge in [0, 0.05) is 19.0 Å². The molecule has 0 bridgehead atoms. The largest absolute Gasteiger partial charge is 0.480 e. The quantitative estimate of drug-likeness (QED) is 0.443. The zero-order valence-electron chi connectivity index (χ0n) is 16.5. The van der Waals surface area contributed by atoms with E-state index >= 15 is 0 Å². The smallest absolute Gasteiger partial charge is 0.328 e. The van der Waals surface area contributed by atoms with Crippen molar-refractivity contribution in [2.45, 2.75) is 25.3 Å². The number of ether oxygens (including phenoxy) is 1. The van der Waals surface area contributed by atoms with Crippen molar-refractivity contribution in [3.8, 4) is 0 Å². The average molecular weight is 416 g/mol. The number of hydrogen-bond donors (Lipinski definition) is 3. The van der Waals surface area contributed by atoms with Crippen LogP contribution in [0.5, 0.6) is 0 Å². The summed E-state index contributed by atoms with van der Waals surface area (Å²) in [6, 6.07) is 8.24. The number of esters is 1. The second kappa shape index (κ2) is 11.3. The number of methoxy groups -OCH3 is 1. The molecule has 0 aliphatic heterocycles. The van der Waals surface area contributed by atoms with Crippen LogP contribution in [0.3, 0.4) is 0 Å². The fraction of sp³-hybridized carbons (Fsp3) is 0.350. The summed E-state index contributed by atoms with van der Waals surface area (Å²) in [5, 5.41) is 11.6. The lowest BCUT2D eigenvalue weighted by Gasteiger charge is -2.22. The summed E-state index contributed by atoms with van der Waals surface area (Å²) in [4.78, 5) is 55.8. The Morgan fingerprint density at radius 2 is 1.93 bits per heavy atom. The number of carbonyl (C=O) groups is 4. The number of aliphatic carboxylic acids is 1. The van der Waals surface area contributed by atoms with E-state index in [-0.39, 0.29) is 12.8 Å². The van der Waals surface area contributed by atoms with Crippen molar-refractivity contribution in [1.82, 2.24) is 20.2 Å². The van der Waals surface area contributed by atoms with E-state index in [1.165, 1.54) is 13.4 Å². The summed E-state index contributed by atoms with van der Waals surface area (Å²) in [6.07, 6.45) is 3.57. The van der Waals surface area contributed by atoms with Crippen LogP contribution in [0.25, 0.3) is 0 Å². The Bertz CT molecular complexity index is 853. The van der Waals surface area contributed by atoms with Crippen molar-refractivity contribution in [1.29, 1.82) is 0 Å². The summed E-state index contributed by atoms with van der Waals surface area (Å²) in [7, 11) is 1.19. The summed E-state index contributed by atoms with van der Waals surface area (Å²) < 4.78 is 4.70. The minimum absolute atomic E-state index is 0.0538. The molecule has 0 saturated heterocycles. The van der Waals surface area contributed by atoms with E-state index in [1.807, 2.05) is 30.3 Å². The first-order chi connectivity index (χ1) is 14.4. The van der Waals surface area contributed by atoms with Gasteiger partial charge in [-0.3, -0.25) is 14.4 Å². The van der Waals surface area contributed by atoms with Crippen LogP contribution < -0.4 is 5.32 Å². The Kier molecular flexibility index (Phi) is 8.55. The molecule has 10 heteroatoms. The Hall–Kier alpha value is -3.69. The zero-order valence-corrected chi connectivity index (χ0v) is 16.5. The van der Waals surface area contributed by atoms with Gasteiger partial charge in [0.05, 0.1) is 19.1 Å².